The van der Waals surface area contributed by atoms with E-state index in [2.05, 4.69) is 0 Å². The van der Waals surface area contributed by atoms with Crippen molar-refractivity contribution in [3.05, 3.63) is 78.6 Å². The van der Waals surface area contributed by atoms with Gasteiger partial charge in [-0.1, -0.05) is 23.7 Å². The number of hydrogen-bond donors (Lipinski definition) is 2. The molecule has 0 aliphatic carbocycles. The van der Waals surface area contributed by atoms with Crippen molar-refractivity contribution in [2.75, 3.05) is 18.0 Å². The van der Waals surface area contributed by atoms with E-state index in [0.717, 1.165) is 5.56 Å². The Bertz CT molecular complexity index is 1430. The molecule has 10 heteroatoms. The van der Waals surface area contributed by atoms with Crippen molar-refractivity contribution >= 4 is 39.8 Å². The average Bonchev–Trinajstić information content (AvgIpc) is 2.79. The van der Waals surface area contributed by atoms with Crippen LogP contribution in [0.3, 0.4) is 0 Å². The molecule has 1 aliphatic heterocycles. The standard InChI is InChI=1S/C26H28ClN3O6/c1-15-21-18(23(31)19(24(32)33)14-29(21)25(2,3)4)13-20(30(35)36)22(15)28-11-9-26(34,10-12-28)16-5-7-17(27)8-6-16/h5-8,13-14,34H,9-12H2,1-4H3,(H,32,33). The number of nitrogens with zero attached hydrogens (tertiary/aromatic N) is 3. The number of halogens is 1. The number of aromatic carboxylic acids is 1. The van der Waals surface area contributed by atoms with Crippen LogP contribution in [0.1, 0.15) is 55.1 Å². The molecule has 0 unspecified atom stereocenters. The van der Waals surface area contributed by atoms with Crippen LogP contribution >= 0.6 is 11.6 Å². The highest BCUT2D eigenvalue weighted by Gasteiger charge is 2.37. The van der Waals surface area contributed by atoms with Crippen LogP contribution in [-0.2, 0) is 11.1 Å². The van der Waals surface area contributed by atoms with Crippen molar-refractivity contribution in [1.29, 1.82) is 0 Å². The molecule has 0 spiro atoms. The number of carboxylic acids is 1. The van der Waals surface area contributed by atoms with Crippen molar-refractivity contribution in [3.63, 3.8) is 0 Å². The normalized spacial score (nSPS) is 15.8. The van der Waals surface area contributed by atoms with E-state index in [1.165, 1.54) is 12.3 Å². The highest BCUT2D eigenvalue weighted by Crippen LogP contribution is 2.42. The second-order valence-corrected chi connectivity index (χ2v) is 10.7. The minimum absolute atomic E-state index is 0.00699. The molecule has 190 valence electrons. The Kier molecular flexibility index (Phi) is 6.34. The van der Waals surface area contributed by atoms with Gasteiger partial charge in [0, 0.05) is 41.5 Å². The molecular formula is C26H28ClN3O6. The number of fused-ring (bicyclic) bond motifs is 1. The van der Waals surface area contributed by atoms with Crippen LogP contribution < -0.4 is 10.3 Å². The van der Waals surface area contributed by atoms with Gasteiger partial charge in [-0.3, -0.25) is 14.9 Å². The molecule has 0 amide bonds. The highest BCUT2D eigenvalue weighted by atomic mass is 35.5. The zero-order valence-electron chi connectivity index (χ0n) is 20.5. The predicted octanol–water partition coefficient (Wildman–Crippen LogP) is 4.81. The van der Waals surface area contributed by atoms with E-state index in [0.29, 0.717) is 47.7 Å². The van der Waals surface area contributed by atoms with Crippen LogP contribution in [0.2, 0.25) is 5.02 Å². The van der Waals surface area contributed by atoms with Crippen molar-refractivity contribution in [2.24, 2.45) is 0 Å². The molecule has 9 nitrogen and oxygen atoms in total. The fourth-order valence-corrected chi connectivity index (χ4v) is 5.16. The maximum Gasteiger partial charge on any atom is 0.341 e. The molecule has 0 radical (unpaired) electrons. The fraction of sp³-hybridized carbons (Fsp3) is 0.385. The molecule has 4 rings (SSSR count). The lowest BCUT2D eigenvalue weighted by molar-refractivity contribution is -0.384. The number of aryl methyl sites for hydroxylation is 1. The summed E-state index contributed by atoms with van der Waals surface area (Å²) in [5.74, 6) is -1.39. The Morgan fingerprint density at radius 1 is 1.17 bits per heavy atom. The predicted molar refractivity (Wildman–Crippen MR) is 138 cm³/mol. The summed E-state index contributed by atoms with van der Waals surface area (Å²) in [6.45, 7) is 8.02. The van der Waals surface area contributed by atoms with E-state index in [-0.39, 0.29) is 11.1 Å². The van der Waals surface area contributed by atoms with Crippen molar-refractivity contribution in [3.8, 4) is 0 Å². The van der Waals surface area contributed by atoms with Gasteiger partial charge >= 0.3 is 5.97 Å². The van der Waals surface area contributed by atoms with E-state index >= 15 is 0 Å². The third-order valence-electron chi connectivity index (χ3n) is 6.92. The minimum Gasteiger partial charge on any atom is -0.477 e. The Balaban J connectivity index is 1.88. The second-order valence-electron chi connectivity index (χ2n) is 10.3. The number of aromatic nitrogens is 1. The van der Waals surface area contributed by atoms with Crippen molar-refractivity contribution < 1.29 is 19.9 Å². The van der Waals surface area contributed by atoms with Gasteiger partial charge in [0.25, 0.3) is 5.69 Å². The molecule has 2 N–H and O–H groups in total. The van der Waals surface area contributed by atoms with E-state index in [4.69, 9.17) is 11.6 Å². The molecule has 1 aliphatic rings. The third kappa shape index (κ3) is 4.33. The number of nitro groups is 1. The Hall–Kier alpha value is -3.43. The van der Waals surface area contributed by atoms with Crippen LogP contribution in [0.5, 0.6) is 0 Å². The Morgan fingerprint density at radius 2 is 1.75 bits per heavy atom. The first-order chi connectivity index (χ1) is 16.7. The lowest BCUT2D eigenvalue weighted by atomic mass is 9.84. The van der Waals surface area contributed by atoms with Gasteiger partial charge in [0.2, 0.25) is 5.43 Å². The summed E-state index contributed by atoms with van der Waals surface area (Å²) >= 11 is 5.98. The average molecular weight is 514 g/mol. The van der Waals surface area contributed by atoms with E-state index in [1.807, 2.05) is 25.7 Å². The summed E-state index contributed by atoms with van der Waals surface area (Å²) in [5.41, 5.74) is -1.09. The van der Waals surface area contributed by atoms with Gasteiger partial charge in [-0.05, 0) is 58.2 Å². The number of carbonyl (C=O) groups is 1. The summed E-state index contributed by atoms with van der Waals surface area (Å²) in [4.78, 5) is 38.3. The maximum atomic E-state index is 13.1. The van der Waals surface area contributed by atoms with Crippen LogP contribution in [0.15, 0.2) is 41.3 Å². The molecule has 2 aromatic carbocycles. The summed E-state index contributed by atoms with van der Waals surface area (Å²) in [6, 6.07) is 8.19. The van der Waals surface area contributed by atoms with Gasteiger partial charge in [-0.2, -0.15) is 0 Å². The largest absolute Gasteiger partial charge is 0.477 e. The first-order valence-corrected chi connectivity index (χ1v) is 12.0. The number of rotatable bonds is 4. The molecule has 1 aromatic heterocycles. The quantitative estimate of drug-likeness (QED) is 0.378. The minimum atomic E-state index is -1.39. The summed E-state index contributed by atoms with van der Waals surface area (Å²) < 4.78 is 1.70. The second kappa shape index (κ2) is 8.90. The number of benzene rings is 2. The number of hydrogen-bond acceptors (Lipinski definition) is 6. The molecule has 0 bridgehead atoms. The Morgan fingerprint density at radius 3 is 2.25 bits per heavy atom. The highest BCUT2D eigenvalue weighted by molar-refractivity contribution is 6.30. The van der Waals surface area contributed by atoms with Crippen molar-refractivity contribution in [2.45, 2.75) is 51.7 Å². The van der Waals surface area contributed by atoms with Crippen LogP contribution in [0.4, 0.5) is 11.4 Å². The number of nitro benzene ring substituents is 1. The maximum absolute atomic E-state index is 13.1. The van der Waals surface area contributed by atoms with E-state index in [1.54, 1.807) is 35.8 Å². The van der Waals surface area contributed by atoms with Crippen LogP contribution in [-0.4, -0.2) is 38.8 Å². The number of anilines is 1. The van der Waals surface area contributed by atoms with Gasteiger partial charge < -0.3 is 19.7 Å². The molecule has 1 saturated heterocycles. The number of aliphatic hydroxyl groups is 1. The monoisotopic (exact) mass is 513 g/mol. The Labute approximate surface area is 212 Å². The zero-order valence-corrected chi connectivity index (χ0v) is 21.3. The summed E-state index contributed by atoms with van der Waals surface area (Å²) in [7, 11) is 0. The molecule has 3 aromatic rings. The van der Waals surface area contributed by atoms with E-state index < -0.39 is 33.0 Å². The van der Waals surface area contributed by atoms with Gasteiger partial charge in [-0.15, -0.1) is 0 Å². The number of pyridine rings is 1. The number of carboxylic acid groups (broad SMARTS) is 1. The molecular weight excluding hydrogens is 486 g/mol. The van der Waals surface area contributed by atoms with Crippen molar-refractivity contribution in [1.82, 2.24) is 4.57 Å². The number of piperidine rings is 1. The zero-order chi connectivity index (χ0) is 26.6. The first-order valence-electron chi connectivity index (χ1n) is 11.6. The SMILES string of the molecule is Cc1c(N2CCC(O)(c3ccc(Cl)cc3)CC2)c([N+](=O)[O-])cc2c(=O)c(C(=O)O)cn(C(C)(C)C)c12. The lowest BCUT2D eigenvalue weighted by Crippen LogP contribution is -2.43. The molecule has 1 fully saturated rings. The first kappa shape index (κ1) is 25.7. The lowest BCUT2D eigenvalue weighted by Gasteiger charge is -2.40. The van der Waals surface area contributed by atoms with Gasteiger partial charge in [0.15, 0.2) is 0 Å². The third-order valence-corrected chi connectivity index (χ3v) is 7.17. The van der Waals surface area contributed by atoms with Gasteiger partial charge in [0.1, 0.15) is 11.3 Å². The van der Waals surface area contributed by atoms with Crippen LogP contribution in [0.25, 0.3) is 10.9 Å². The van der Waals surface area contributed by atoms with Crippen LogP contribution in [0, 0.1) is 17.0 Å². The molecule has 0 atom stereocenters. The van der Waals surface area contributed by atoms with Gasteiger partial charge in [-0.25, -0.2) is 4.79 Å². The fourth-order valence-electron chi connectivity index (χ4n) is 5.03. The molecule has 2 heterocycles. The van der Waals surface area contributed by atoms with Gasteiger partial charge in [0.05, 0.1) is 21.4 Å². The van der Waals surface area contributed by atoms with E-state index in [9.17, 15) is 29.9 Å². The molecule has 0 saturated carbocycles. The topological polar surface area (TPSA) is 126 Å². The summed E-state index contributed by atoms with van der Waals surface area (Å²) in [5, 5.41) is 33.6. The smallest absolute Gasteiger partial charge is 0.341 e. The summed E-state index contributed by atoms with van der Waals surface area (Å²) in [6.07, 6.45) is 1.99. The molecule has 36 heavy (non-hydrogen) atoms.